The third kappa shape index (κ3) is 4.33. The zero-order chi connectivity index (χ0) is 15.8. The summed E-state index contributed by atoms with van der Waals surface area (Å²) >= 11 is 0. The molecule has 0 spiro atoms. The minimum absolute atomic E-state index is 0.169. The summed E-state index contributed by atoms with van der Waals surface area (Å²) < 4.78 is 5.25. The standard InChI is InChI=1S/C16H20N2O4/c1-21-13-5-6-15-14(10-13)12(11-17-15)4-2-3-9-22-18-16(20)7-8-19/h5-6,8,10-11,17H,2-4,7,9H2,1H3,(H,18,20). The molecule has 0 atom stereocenters. The van der Waals surface area contributed by atoms with E-state index in [9.17, 15) is 9.59 Å². The van der Waals surface area contributed by atoms with E-state index < -0.39 is 5.91 Å². The van der Waals surface area contributed by atoms with Crippen LogP contribution < -0.4 is 10.2 Å². The van der Waals surface area contributed by atoms with E-state index in [1.165, 1.54) is 10.9 Å². The van der Waals surface area contributed by atoms with Crippen molar-refractivity contribution in [1.82, 2.24) is 10.5 Å². The normalized spacial score (nSPS) is 10.6. The van der Waals surface area contributed by atoms with Gasteiger partial charge >= 0.3 is 0 Å². The first kappa shape index (κ1) is 16.0. The number of aromatic amines is 1. The lowest BCUT2D eigenvalue weighted by molar-refractivity contribution is -0.135. The fraction of sp³-hybridized carbons (Fsp3) is 0.375. The molecule has 2 aromatic rings. The number of aryl methyl sites for hydroxylation is 1. The van der Waals surface area contributed by atoms with Crippen molar-refractivity contribution in [3.8, 4) is 5.75 Å². The number of carbonyl (C=O) groups is 2. The van der Waals surface area contributed by atoms with Crippen LogP contribution >= 0.6 is 0 Å². The third-order valence-electron chi connectivity index (χ3n) is 3.37. The van der Waals surface area contributed by atoms with Gasteiger partial charge in [0.15, 0.2) is 0 Å². The van der Waals surface area contributed by atoms with Crippen molar-refractivity contribution in [3.05, 3.63) is 30.0 Å². The molecule has 6 heteroatoms. The largest absolute Gasteiger partial charge is 0.497 e. The Balaban J connectivity index is 1.75. The van der Waals surface area contributed by atoms with Crippen LogP contribution in [0.5, 0.6) is 5.75 Å². The minimum atomic E-state index is -0.418. The molecule has 2 N–H and O–H groups in total. The molecular weight excluding hydrogens is 284 g/mol. The van der Waals surface area contributed by atoms with Gasteiger partial charge in [0.2, 0.25) is 0 Å². The number of rotatable bonds is 9. The fourth-order valence-corrected chi connectivity index (χ4v) is 2.23. The van der Waals surface area contributed by atoms with Gasteiger partial charge in [-0.05, 0) is 43.0 Å². The highest BCUT2D eigenvalue weighted by atomic mass is 16.6. The summed E-state index contributed by atoms with van der Waals surface area (Å²) in [5.74, 6) is 0.424. The van der Waals surface area contributed by atoms with Crippen LogP contribution in [0, 0.1) is 0 Å². The van der Waals surface area contributed by atoms with E-state index in [1.54, 1.807) is 7.11 Å². The van der Waals surface area contributed by atoms with Crippen molar-refractivity contribution >= 4 is 23.1 Å². The number of fused-ring (bicyclic) bond motifs is 1. The summed E-state index contributed by atoms with van der Waals surface area (Å²) in [6.45, 7) is 0.427. The Hall–Kier alpha value is -2.34. The molecule has 1 amide bonds. The second-order valence-electron chi connectivity index (χ2n) is 4.93. The molecule has 0 saturated carbocycles. The summed E-state index contributed by atoms with van der Waals surface area (Å²) in [4.78, 5) is 29.3. The van der Waals surface area contributed by atoms with Gasteiger partial charge in [0.25, 0.3) is 5.91 Å². The van der Waals surface area contributed by atoms with Gasteiger partial charge in [0, 0.05) is 17.1 Å². The number of nitrogens with one attached hydrogen (secondary N) is 2. The van der Waals surface area contributed by atoms with Crippen LogP contribution in [0.3, 0.4) is 0 Å². The number of H-pyrrole nitrogens is 1. The summed E-state index contributed by atoms with van der Waals surface area (Å²) in [7, 11) is 1.66. The molecule has 0 aliphatic rings. The first-order valence-electron chi connectivity index (χ1n) is 7.23. The van der Waals surface area contributed by atoms with Crippen LogP contribution in [-0.2, 0) is 20.8 Å². The molecule has 0 radical (unpaired) electrons. The number of hydrogen-bond donors (Lipinski definition) is 2. The first-order chi connectivity index (χ1) is 10.7. The van der Waals surface area contributed by atoms with E-state index in [0.29, 0.717) is 12.9 Å². The predicted octanol–water partition coefficient (Wildman–Crippen LogP) is 2.14. The molecule has 1 aromatic carbocycles. The second kappa shape index (κ2) is 8.19. The molecule has 0 aliphatic heterocycles. The first-order valence-corrected chi connectivity index (χ1v) is 7.23. The Labute approximate surface area is 128 Å². The van der Waals surface area contributed by atoms with Crippen LogP contribution in [-0.4, -0.2) is 30.9 Å². The second-order valence-corrected chi connectivity index (χ2v) is 4.93. The molecule has 0 aliphatic carbocycles. The molecular formula is C16H20N2O4. The lowest BCUT2D eigenvalue weighted by atomic mass is 10.1. The number of hydroxylamine groups is 1. The van der Waals surface area contributed by atoms with E-state index in [4.69, 9.17) is 9.57 Å². The Kier molecular flexibility index (Phi) is 5.97. The van der Waals surface area contributed by atoms with Crippen LogP contribution in [0.1, 0.15) is 24.8 Å². The topological polar surface area (TPSA) is 80.4 Å². The Bertz CT molecular complexity index is 636. The number of aromatic nitrogens is 1. The smallest absolute Gasteiger partial charge is 0.250 e. The molecule has 118 valence electrons. The van der Waals surface area contributed by atoms with E-state index in [2.05, 4.69) is 10.5 Å². The van der Waals surface area contributed by atoms with Crippen LogP contribution in [0.2, 0.25) is 0 Å². The molecule has 2 rings (SSSR count). The summed E-state index contributed by atoms with van der Waals surface area (Å²) in [6.07, 6.45) is 5.06. The van der Waals surface area contributed by atoms with Gasteiger partial charge < -0.3 is 14.5 Å². The van der Waals surface area contributed by atoms with Crippen molar-refractivity contribution in [2.45, 2.75) is 25.7 Å². The molecule has 0 fully saturated rings. The third-order valence-corrected chi connectivity index (χ3v) is 3.37. The Morgan fingerprint density at radius 1 is 1.36 bits per heavy atom. The molecule has 0 unspecified atom stereocenters. The average Bonchev–Trinajstić information content (AvgIpc) is 2.93. The minimum Gasteiger partial charge on any atom is -0.497 e. The zero-order valence-corrected chi connectivity index (χ0v) is 12.6. The number of amides is 1. The van der Waals surface area contributed by atoms with Gasteiger partial charge in [-0.2, -0.15) is 0 Å². The molecule has 0 bridgehead atoms. The number of carbonyl (C=O) groups excluding carboxylic acids is 2. The Morgan fingerprint density at radius 3 is 3.00 bits per heavy atom. The number of unbranched alkanes of at least 4 members (excludes halogenated alkanes) is 1. The molecule has 22 heavy (non-hydrogen) atoms. The zero-order valence-electron chi connectivity index (χ0n) is 12.6. The predicted molar refractivity (Wildman–Crippen MR) is 82.6 cm³/mol. The van der Waals surface area contributed by atoms with E-state index >= 15 is 0 Å². The summed E-state index contributed by atoms with van der Waals surface area (Å²) in [6, 6.07) is 5.96. The molecule has 1 aromatic heterocycles. The number of hydrogen-bond acceptors (Lipinski definition) is 4. The van der Waals surface area contributed by atoms with Crippen LogP contribution in [0.25, 0.3) is 10.9 Å². The lowest BCUT2D eigenvalue weighted by Gasteiger charge is -2.04. The van der Waals surface area contributed by atoms with Gasteiger partial charge in [-0.25, -0.2) is 5.48 Å². The highest BCUT2D eigenvalue weighted by molar-refractivity contribution is 5.87. The quantitative estimate of drug-likeness (QED) is 0.322. The van der Waals surface area contributed by atoms with Crippen molar-refractivity contribution < 1.29 is 19.2 Å². The molecule has 0 saturated heterocycles. The highest BCUT2D eigenvalue weighted by Crippen LogP contribution is 2.24. The van der Waals surface area contributed by atoms with Crippen LogP contribution in [0.4, 0.5) is 0 Å². The van der Waals surface area contributed by atoms with Gasteiger partial charge in [0.05, 0.1) is 20.1 Å². The number of aldehydes is 1. The van der Waals surface area contributed by atoms with E-state index in [-0.39, 0.29) is 6.42 Å². The fourth-order valence-electron chi connectivity index (χ4n) is 2.23. The summed E-state index contributed by atoms with van der Waals surface area (Å²) in [5, 5.41) is 1.17. The maximum absolute atomic E-state index is 11.0. The van der Waals surface area contributed by atoms with Crippen molar-refractivity contribution in [2.75, 3.05) is 13.7 Å². The van der Waals surface area contributed by atoms with Gasteiger partial charge in [-0.1, -0.05) is 0 Å². The van der Waals surface area contributed by atoms with Crippen molar-refractivity contribution in [3.63, 3.8) is 0 Å². The van der Waals surface area contributed by atoms with Gasteiger partial charge in [0.1, 0.15) is 12.0 Å². The van der Waals surface area contributed by atoms with E-state index in [1.807, 2.05) is 24.4 Å². The monoisotopic (exact) mass is 304 g/mol. The number of ether oxygens (including phenoxy) is 1. The molecule has 6 nitrogen and oxygen atoms in total. The average molecular weight is 304 g/mol. The van der Waals surface area contributed by atoms with Gasteiger partial charge in [-0.3, -0.25) is 9.63 Å². The molecule has 1 heterocycles. The number of benzene rings is 1. The summed E-state index contributed by atoms with van der Waals surface area (Å²) in [5.41, 5.74) is 4.56. The highest BCUT2D eigenvalue weighted by Gasteiger charge is 2.05. The Morgan fingerprint density at radius 2 is 2.23 bits per heavy atom. The van der Waals surface area contributed by atoms with Crippen molar-refractivity contribution in [1.29, 1.82) is 0 Å². The SMILES string of the molecule is COc1ccc2[nH]cc(CCCCONC(=O)CC=O)c2c1. The van der Waals surface area contributed by atoms with E-state index in [0.717, 1.165) is 30.5 Å². The maximum atomic E-state index is 11.0. The van der Waals surface area contributed by atoms with Crippen LogP contribution in [0.15, 0.2) is 24.4 Å². The maximum Gasteiger partial charge on any atom is 0.250 e. The lowest BCUT2D eigenvalue weighted by Crippen LogP contribution is -2.24. The van der Waals surface area contributed by atoms with Gasteiger partial charge in [-0.15, -0.1) is 0 Å². The van der Waals surface area contributed by atoms with Crippen molar-refractivity contribution in [2.24, 2.45) is 0 Å². The number of methoxy groups -OCH3 is 1.